The van der Waals surface area contributed by atoms with Crippen molar-refractivity contribution in [2.75, 3.05) is 88.7 Å². The smallest absolute Gasteiger partial charge is 0.165 e. The molecule has 0 spiro atoms. The fraction of sp³-hybridized carbons (Fsp3) is 0.485. The molecule has 0 aliphatic heterocycles. The molecule has 25 nitrogen and oxygen atoms in total. The normalized spacial score (nSPS) is 18.3. The molecule has 3 aromatic carbocycles. The molecule has 12 aromatic rings. The summed E-state index contributed by atoms with van der Waals surface area (Å²) in [6, 6.07) is 49.3. The maximum atomic E-state index is 10.4. The third-order valence-corrected chi connectivity index (χ3v) is 33.8. The Hall–Kier alpha value is -8.20. The molecule has 9 aromatic heterocycles. The van der Waals surface area contributed by atoms with Gasteiger partial charge in [-0.1, -0.05) is 188 Å². The van der Waals surface area contributed by atoms with Crippen LogP contribution in [0.3, 0.4) is 0 Å². The number of aliphatic hydroxyl groups is 6. The summed E-state index contributed by atoms with van der Waals surface area (Å²) in [6.45, 7) is 32.2. The van der Waals surface area contributed by atoms with Crippen LogP contribution in [0.1, 0.15) is 112 Å². The Morgan fingerprint density at radius 2 is 0.692 bits per heavy atom. The molecule has 0 amide bonds. The zero-order chi connectivity index (χ0) is 92.4. The Bertz CT molecular complexity index is 5500. The Morgan fingerprint density at radius 3 is 1.03 bits per heavy atom. The number of rotatable bonds is 37. The van der Waals surface area contributed by atoms with Crippen molar-refractivity contribution in [3.8, 4) is 67.2 Å². The molecule has 9 heterocycles. The fourth-order valence-corrected chi connectivity index (χ4v) is 21.6. The van der Waals surface area contributed by atoms with Crippen molar-refractivity contribution in [2.24, 2.45) is 17.8 Å². The van der Waals surface area contributed by atoms with Crippen LogP contribution in [0.4, 0.5) is 17.5 Å². The molecule has 3 unspecified atom stereocenters. The Balaban J connectivity index is 0.000000169. The van der Waals surface area contributed by atoms with Crippen LogP contribution in [-0.2, 0) is 18.9 Å². The van der Waals surface area contributed by atoms with Gasteiger partial charge in [0.05, 0.1) is 94.1 Å². The van der Waals surface area contributed by atoms with Crippen molar-refractivity contribution < 1.29 is 49.6 Å². The molecule has 0 radical (unpaired) electrons. The molecular weight excluding hydrogens is 1830 g/mol. The molecule has 3 fully saturated rings. The number of aromatic nitrogens is 12. The van der Waals surface area contributed by atoms with Gasteiger partial charge in [0.1, 0.15) is 38.6 Å². The summed E-state index contributed by atoms with van der Waals surface area (Å²) in [5.41, 5.74) is 23.1. The van der Waals surface area contributed by atoms with Crippen LogP contribution in [0.15, 0.2) is 180 Å². The van der Waals surface area contributed by atoms with Crippen LogP contribution in [0, 0.1) is 17.8 Å². The Labute approximate surface area is 787 Å². The second-order valence-corrected chi connectivity index (χ2v) is 64.3. The van der Waals surface area contributed by atoms with Gasteiger partial charge in [-0.3, -0.25) is 15.0 Å². The van der Waals surface area contributed by atoms with Gasteiger partial charge in [0.2, 0.25) is 0 Å². The van der Waals surface area contributed by atoms with Crippen LogP contribution in [-0.4, -0.2) is 213 Å². The lowest BCUT2D eigenvalue weighted by Gasteiger charge is -2.32. The van der Waals surface area contributed by atoms with Gasteiger partial charge in [-0.15, -0.1) is 0 Å². The van der Waals surface area contributed by atoms with E-state index in [-0.39, 0.29) is 55.3 Å². The van der Waals surface area contributed by atoms with Crippen molar-refractivity contribution >= 4 is 98.6 Å². The quantitative estimate of drug-likeness (QED) is 0.0108. The molecule has 15 rings (SSSR count). The Morgan fingerprint density at radius 1 is 0.377 bits per heavy atom. The first kappa shape index (κ1) is 99.3. The van der Waals surface area contributed by atoms with Crippen LogP contribution in [0.5, 0.6) is 0 Å². The van der Waals surface area contributed by atoms with Crippen molar-refractivity contribution in [3.05, 3.63) is 197 Å². The number of aliphatic hydroxyl groups excluding tert-OH is 6. The number of nitrogens with zero attached hydrogens (tertiary/aromatic N) is 14. The number of fused-ring (bicyclic) bond motifs is 3. The van der Waals surface area contributed by atoms with Crippen molar-refractivity contribution in [3.63, 3.8) is 0 Å². The summed E-state index contributed by atoms with van der Waals surface area (Å²) in [5, 5.41) is 73.4. The Kier molecular flexibility index (Phi) is 34.9. The molecule has 3 atom stereocenters. The van der Waals surface area contributed by atoms with Crippen LogP contribution in [0.25, 0.3) is 84.1 Å². The van der Waals surface area contributed by atoms with E-state index in [1.54, 1.807) is 10.7 Å². The first-order valence-corrected chi connectivity index (χ1v) is 62.8. The highest BCUT2D eigenvalue weighted by Crippen LogP contribution is 2.46. The first-order valence-electron chi connectivity index (χ1n) is 46.3. The lowest BCUT2D eigenvalue weighted by atomic mass is 9.78. The van der Waals surface area contributed by atoms with Gasteiger partial charge < -0.3 is 65.1 Å². The molecule has 0 saturated heterocycles. The number of ether oxygens (including phenoxy) is 4. The van der Waals surface area contributed by atoms with Gasteiger partial charge in [-0.05, 0) is 169 Å². The number of pyridine rings is 3. The molecule has 8 N–H and O–H groups in total. The third kappa shape index (κ3) is 26.5. The number of benzene rings is 3. The van der Waals surface area contributed by atoms with Gasteiger partial charge in [0.15, 0.2) is 22.8 Å². The summed E-state index contributed by atoms with van der Waals surface area (Å²) < 4.78 is 32.5. The molecule has 696 valence electrons. The minimum atomic E-state index is -1.27. The molecule has 31 heteroatoms. The number of halogens is 2. The molecule has 3 aliphatic rings. The van der Waals surface area contributed by atoms with Crippen molar-refractivity contribution in [2.45, 2.75) is 216 Å². The summed E-state index contributed by atoms with van der Waals surface area (Å²) in [5.74, 6) is 3.27. The first-order chi connectivity index (χ1) is 62.3. The van der Waals surface area contributed by atoms with E-state index in [0.29, 0.717) is 64.8 Å². The standard InChI is InChI=1S/C37H54BrN5O4Si2.C37H55N5O4Si2.C25H26BrN5O2/c1-48(2,3)20-18-46-25-42(26-47-19-21-49(4,5)6)37-34(38)35(29-14-12-28(13-15-29)33(45)24-44)41-36-31(23-40-43(36)37)30-16-17-32(39-22-30)27-10-8-7-9-11-27;1-47(2,3)20-18-45-26-41(27-46-19-21-48(4,5)6)36-22-34(29-12-14-30(15-13-29)35(44)25-43)40-37-32(24-39-42(36)37)31-16-17-33(38-23-31)28-10-8-7-9-11-28;26-22-23(17-8-6-16(7-9-17)21(33)14-32)30-25-19(13-29-31(25)24(22)27)18-10-11-20(28-12-18)15-4-2-1-3-5-15/h7-11,16-17,22-23,28-29,33,44-45H,12-15,18-21,24-26H2,1-6H3;7-11,16-17,22-24,29-30,35,43-44H,12-15,18-21,25-27H2,1-6H3;1-5,10-13,16-17,21,32-33H,6-9,14,27H2. The largest absolute Gasteiger partial charge is 0.394 e. The SMILES string of the molecule is C[Si](C)(C)CCOCN(COCC[Si](C)(C)C)c1c(Br)c(C2CCC(C(O)CO)CC2)nc2c(-c3ccc(-c4ccccc4)nc3)cnn12.C[Si](C)(C)CCOCN(COCC[Si](C)(C)C)c1cc(C2CCC(C(O)CO)CC2)nc2c(-c3ccc(-c4ccccc4)nc3)cnn12.Nc1c(Br)c(C2CCC(C(O)CO)CC2)nc2c(-c3ccc(-c4ccccc4)nc3)cnn12. The lowest BCUT2D eigenvalue weighted by molar-refractivity contribution is 0.0300. The number of hydrogen-bond donors (Lipinski definition) is 7. The van der Waals surface area contributed by atoms with E-state index in [1.165, 1.54) is 0 Å². The van der Waals surface area contributed by atoms with Crippen LogP contribution in [0.2, 0.25) is 103 Å². The second kappa shape index (κ2) is 45.7. The fourth-order valence-electron chi connectivity index (χ4n) is 17.2. The van der Waals surface area contributed by atoms with Crippen LogP contribution >= 0.6 is 31.9 Å². The van der Waals surface area contributed by atoms with E-state index < -0.39 is 50.6 Å². The van der Waals surface area contributed by atoms with Crippen LogP contribution < -0.4 is 15.5 Å². The van der Waals surface area contributed by atoms with Gasteiger partial charge in [0, 0.05) is 157 Å². The zero-order valence-electron chi connectivity index (χ0n) is 77.9. The highest BCUT2D eigenvalue weighted by molar-refractivity contribution is 9.11. The topological polar surface area (TPSA) is 320 Å². The van der Waals surface area contributed by atoms with Gasteiger partial charge in [-0.2, -0.15) is 28.8 Å². The van der Waals surface area contributed by atoms with E-state index in [2.05, 4.69) is 179 Å². The summed E-state index contributed by atoms with van der Waals surface area (Å²) in [7, 11) is -5.04. The predicted molar refractivity (Wildman–Crippen MR) is 539 cm³/mol. The molecular formula is C99H135Br2N15O10Si4. The van der Waals surface area contributed by atoms with Gasteiger partial charge in [0.25, 0.3) is 0 Å². The monoisotopic (exact) mass is 1960 g/mol. The van der Waals surface area contributed by atoms with Gasteiger partial charge in [-0.25, -0.2) is 15.0 Å². The average Bonchev–Trinajstić information content (AvgIpc) is 1.69. The molecule has 3 aliphatic carbocycles. The number of hydrogen-bond acceptors (Lipinski definition) is 22. The zero-order valence-corrected chi connectivity index (χ0v) is 85.0. The third-order valence-electron chi connectivity index (χ3n) is 25.4. The summed E-state index contributed by atoms with van der Waals surface area (Å²) in [4.78, 5) is 34.1. The number of anilines is 3. The van der Waals surface area contributed by atoms with Crippen molar-refractivity contribution in [1.29, 1.82) is 0 Å². The van der Waals surface area contributed by atoms with E-state index in [0.717, 1.165) is 217 Å². The molecule has 0 bridgehead atoms. The maximum absolute atomic E-state index is 10.4. The van der Waals surface area contributed by atoms with Gasteiger partial charge >= 0.3 is 0 Å². The molecule has 130 heavy (non-hydrogen) atoms. The van der Waals surface area contributed by atoms with E-state index in [4.69, 9.17) is 59.8 Å². The molecule has 3 saturated carbocycles. The van der Waals surface area contributed by atoms with Crippen molar-refractivity contribution in [1.82, 2.24) is 58.7 Å². The summed E-state index contributed by atoms with van der Waals surface area (Å²) >= 11 is 7.66. The predicted octanol–water partition coefficient (Wildman–Crippen LogP) is 20.2. The number of nitrogens with two attached hydrogens (primary N) is 1. The second-order valence-electron chi connectivity index (χ2n) is 40.2. The van der Waals surface area contributed by atoms with E-state index >= 15 is 0 Å². The average molecular weight is 1970 g/mol. The lowest BCUT2D eigenvalue weighted by Crippen LogP contribution is -2.34. The van der Waals surface area contributed by atoms with E-state index in [9.17, 15) is 30.6 Å². The van der Waals surface area contributed by atoms with E-state index in [1.807, 2.05) is 125 Å². The highest BCUT2D eigenvalue weighted by atomic mass is 79.9. The summed E-state index contributed by atoms with van der Waals surface area (Å²) in [6.07, 6.45) is 19.6. The highest BCUT2D eigenvalue weighted by Gasteiger charge is 2.36. The maximum Gasteiger partial charge on any atom is 0.165 e. The number of nitrogen functional groups attached to an aromatic ring is 1. The minimum Gasteiger partial charge on any atom is -0.394 e. The minimum absolute atomic E-state index is 0.0963.